The number of piperazine rings is 1. The van der Waals surface area contributed by atoms with Crippen molar-refractivity contribution in [3.05, 3.63) is 0 Å². The number of nitrogens with zero attached hydrogens (tertiary/aromatic N) is 2. The SMILES string of the molecule is CC1(C(=O)N2CCN(CCO)CC2)CCCN1. The zero-order chi connectivity index (χ0) is 12.3. The van der Waals surface area contributed by atoms with E-state index in [0.717, 1.165) is 52.1 Å². The minimum absolute atomic E-state index is 0.202. The molecule has 0 aromatic carbocycles. The van der Waals surface area contributed by atoms with Crippen LogP contribution >= 0.6 is 0 Å². The molecule has 0 aliphatic carbocycles. The van der Waals surface area contributed by atoms with Gasteiger partial charge in [0.1, 0.15) is 0 Å². The highest BCUT2D eigenvalue weighted by Gasteiger charge is 2.39. The Morgan fingerprint density at radius 3 is 2.59 bits per heavy atom. The van der Waals surface area contributed by atoms with Crippen molar-refractivity contribution in [2.75, 3.05) is 45.9 Å². The Labute approximate surface area is 103 Å². The van der Waals surface area contributed by atoms with Crippen molar-refractivity contribution in [2.45, 2.75) is 25.3 Å². The van der Waals surface area contributed by atoms with Gasteiger partial charge in [-0.1, -0.05) is 0 Å². The molecular weight excluding hydrogens is 218 g/mol. The van der Waals surface area contributed by atoms with E-state index in [9.17, 15) is 4.79 Å². The Kier molecular flexibility index (Phi) is 4.01. The summed E-state index contributed by atoms with van der Waals surface area (Å²) in [4.78, 5) is 16.5. The zero-order valence-electron chi connectivity index (χ0n) is 10.6. The molecule has 2 fully saturated rings. The number of amides is 1. The van der Waals surface area contributed by atoms with Crippen LogP contribution in [0.5, 0.6) is 0 Å². The van der Waals surface area contributed by atoms with Crippen LogP contribution in [0.1, 0.15) is 19.8 Å². The molecule has 0 spiro atoms. The molecule has 0 aromatic heterocycles. The molecule has 2 rings (SSSR count). The first-order chi connectivity index (χ1) is 8.15. The molecule has 0 radical (unpaired) electrons. The molecule has 0 saturated carbocycles. The van der Waals surface area contributed by atoms with E-state index in [1.54, 1.807) is 0 Å². The minimum atomic E-state index is -0.334. The lowest BCUT2D eigenvalue weighted by atomic mass is 9.98. The number of carbonyl (C=O) groups excluding carboxylic acids is 1. The van der Waals surface area contributed by atoms with Crippen molar-refractivity contribution >= 4 is 5.91 Å². The molecule has 2 heterocycles. The van der Waals surface area contributed by atoms with Gasteiger partial charge in [-0.25, -0.2) is 0 Å². The van der Waals surface area contributed by atoms with Crippen LogP contribution in [0, 0.1) is 0 Å². The van der Waals surface area contributed by atoms with E-state index >= 15 is 0 Å². The van der Waals surface area contributed by atoms with Gasteiger partial charge in [0.15, 0.2) is 0 Å². The maximum Gasteiger partial charge on any atom is 0.242 e. The molecule has 2 N–H and O–H groups in total. The number of hydrogen-bond acceptors (Lipinski definition) is 4. The molecule has 1 amide bonds. The fourth-order valence-corrected chi connectivity index (χ4v) is 2.74. The van der Waals surface area contributed by atoms with E-state index in [4.69, 9.17) is 5.11 Å². The van der Waals surface area contributed by atoms with Gasteiger partial charge in [0.25, 0.3) is 0 Å². The fourth-order valence-electron chi connectivity index (χ4n) is 2.74. The van der Waals surface area contributed by atoms with E-state index in [0.29, 0.717) is 0 Å². The lowest BCUT2D eigenvalue weighted by Gasteiger charge is -2.38. The van der Waals surface area contributed by atoms with Crippen LogP contribution in [0.15, 0.2) is 0 Å². The largest absolute Gasteiger partial charge is 0.395 e. The summed E-state index contributed by atoms with van der Waals surface area (Å²) in [5.41, 5.74) is -0.334. The first kappa shape index (κ1) is 12.8. The van der Waals surface area contributed by atoms with E-state index in [2.05, 4.69) is 10.2 Å². The summed E-state index contributed by atoms with van der Waals surface area (Å²) in [5.74, 6) is 0.249. The third-order valence-electron chi connectivity index (χ3n) is 3.92. The van der Waals surface area contributed by atoms with E-state index in [1.165, 1.54) is 0 Å². The van der Waals surface area contributed by atoms with Crippen LogP contribution in [-0.2, 0) is 4.79 Å². The van der Waals surface area contributed by atoms with Crippen LogP contribution in [0.4, 0.5) is 0 Å². The summed E-state index contributed by atoms with van der Waals surface area (Å²) in [6, 6.07) is 0. The molecule has 0 aromatic rings. The van der Waals surface area contributed by atoms with Gasteiger partial charge in [-0.05, 0) is 26.3 Å². The molecule has 2 saturated heterocycles. The molecular formula is C12H23N3O2. The summed E-state index contributed by atoms with van der Waals surface area (Å²) < 4.78 is 0. The quantitative estimate of drug-likeness (QED) is 0.684. The molecule has 5 heteroatoms. The second-order valence-corrected chi connectivity index (χ2v) is 5.22. The van der Waals surface area contributed by atoms with Crippen LogP contribution in [-0.4, -0.2) is 72.2 Å². The first-order valence-corrected chi connectivity index (χ1v) is 6.53. The van der Waals surface area contributed by atoms with E-state index in [-0.39, 0.29) is 18.1 Å². The second kappa shape index (κ2) is 5.33. The summed E-state index contributed by atoms with van der Waals surface area (Å²) in [6.45, 7) is 7.22. The number of β-amino-alcohol motifs (C(OH)–C–C–N with tert-alkyl or cyclic N) is 1. The Balaban J connectivity index is 1.86. The Morgan fingerprint density at radius 1 is 1.35 bits per heavy atom. The molecule has 17 heavy (non-hydrogen) atoms. The second-order valence-electron chi connectivity index (χ2n) is 5.22. The number of aliphatic hydroxyl groups is 1. The van der Waals surface area contributed by atoms with E-state index in [1.807, 2.05) is 11.8 Å². The van der Waals surface area contributed by atoms with Gasteiger partial charge in [0, 0.05) is 32.7 Å². The number of rotatable bonds is 3. The van der Waals surface area contributed by atoms with Gasteiger partial charge in [0.05, 0.1) is 12.1 Å². The Morgan fingerprint density at radius 2 is 2.06 bits per heavy atom. The Hall–Kier alpha value is -0.650. The molecule has 2 aliphatic heterocycles. The standard InChI is InChI=1S/C12H23N3O2/c1-12(3-2-4-13-12)11(17)15-7-5-14(6-8-15)9-10-16/h13,16H,2-10H2,1H3. The molecule has 98 valence electrons. The molecule has 5 nitrogen and oxygen atoms in total. The highest BCUT2D eigenvalue weighted by Crippen LogP contribution is 2.21. The summed E-state index contributed by atoms with van der Waals surface area (Å²) in [7, 11) is 0. The summed E-state index contributed by atoms with van der Waals surface area (Å²) in [6.07, 6.45) is 2.04. The maximum atomic E-state index is 12.4. The highest BCUT2D eigenvalue weighted by atomic mass is 16.3. The molecule has 1 unspecified atom stereocenters. The Bertz CT molecular complexity index is 269. The molecule has 2 aliphatic rings. The lowest BCUT2D eigenvalue weighted by molar-refractivity contribution is -0.139. The van der Waals surface area contributed by atoms with Crippen molar-refractivity contribution in [1.82, 2.24) is 15.1 Å². The van der Waals surface area contributed by atoms with Crippen molar-refractivity contribution in [3.63, 3.8) is 0 Å². The van der Waals surface area contributed by atoms with Crippen molar-refractivity contribution in [3.8, 4) is 0 Å². The smallest absolute Gasteiger partial charge is 0.242 e. The van der Waals surface area contributed by atoms with Crippen molar-refractivity contribution in [2.24, 2.45) is 0 Å². The first-order valence-electron chi connectivity index (χ1n) is 6.53. The van der Waals surface area contributed by atoms with Gasteiger partial charge in [-0.3, -0.25) is 9.69 Å². The number of carbonyl (C=O) groups is 1. The minimum Gasteiger partial charge on any atom is -0.395 e. The van der Waals surface area contributed by atoms with Crippen LogP contribution in [0.25, 0.3) is 0 Å². The van der Waals surface area contributed by atoms with E-state index < -0.39 is 0 Å². The topological polar surface area (TPSA) is 55.8 Å². The van der Waals surface area contributed by atoms with Crippen LogP contribution in [0.3, 0.4) is 0 Å². The summed E-state index contributed by atoms with van der Waals surface area (Å²) >= 11 is 0. The predicted octanol–water partition coefficient (Wildman–Crippen LogP) is -0.735. The van der Waals surface area contributed by atoms with Gasteiger partial charge < -0.3 is 15.3 Å². The molecule has 0 bridgehead atoms. The number of aliphatic hydroxyl groups excluding tert-OH is 1. The fraction of sp³-hybridized carbons (Fsp3) is 0.917. The normalized spacial score (nSPS) is 30.8. The van der Waals surface area contributed by atoms with Crippen LogP contribution in [0.2, 0.25) is 0 Å². The van der Waals surface area contributed by atoms with Gasteiger partial charge in [0.2, 0.25) is 5.91 Å². The van der Waals surface area contributed by atoms with Crippen LogP contribution < -0.4 is 5.32 Å². The average Bonchev–Trinajstić information content (AvgIpc) is 2.78. The summed E-state index contributed by atoms with van der Waals surface area (Å²) in [5, 5.41) is 12.2. The molecule has 1 atom stereocenters. The number of hydrogen-bond donors (Lipinski definition) is 2. The third kappa shape index (κ3) is 2.78. The van der Waals surface area contributed by atoms with Gasteiger partial charge in [-0.15, -0.1) is 0 Å². The highest BCUT2D eigenvalue weighted by molar-refractivity contribution is 5.86. The van der Waals surface area contributed by atoms with Gasteiger partial charge in [-0.2, -0.15) is 0 Å². The van der Waals surface area contributed by atoms with Crippen molar-refractivity contribution < 1.29 is 9.90 Å². The maximum absolute atomic E-state index is 12.4. The third-order valence-corrected chi connectivity index (χ3v) is 3.92. The lowest BCUT2D eigenvalue weighted by Crippen LogP contribution is -2.58. The monoisotopic (exact) mass is 241 g/mol. The number of nitrogens with one attached hydrogen (secondary N) is 1. The average molecular weight is 241 g/mol. The predicted molar refractivity (Wildman–Crippen MR) is 65.7 cm³/mol. The van der Waals surface area contributed by atoms with Gasteiger partial charge >= 0.3 is 0 Å². The van der Waals surface area contributed by atoms with Crippen molar-refractivity contribution in [1.29, 1.82) is 0 Å². The zero-order valence-corrected chi connectivity index (χ0v) is 10.6.